The highest BCUT2D eigenvalue weighted by atomic mass is 28.3. The van der Waals surface area contributed by atoms with Crippen molar-refractivity contribution in [3.63, 3.8) is 0 Å². The Hall–Kier alpha value is 0.177. The third kappa shape index (κ3) is 5.45. The van der Waals surface area contributed by atoms with E-state index in [4.69, 9.17) is 5.66 Å². The Balaban J connectivity index is 4.44. The van der Waals surface area contributed by atoms with Crippen LogP contribution in [0.2, 0.25) is 11.6 Å². The van der Waals surface area contributed by atoms with Crippen LogP contribution in [0, 0.1) is 0 Å². The van der Waals surface area contributed by atoms with Crippen LogP contribution in [0.3, 0.4) is 0 Å². The minimum Gasteiger partial charge on any atom is -0.415 e. The van der Waals surface area contributed by atoms with E-state index in [2.05, 4.69) is 20.8 Å². The van der Waals surface area contributed by atoms with Gasteiger partial charge in [0.1, 0.15) is 0 Å². The molecule has 1 unspecified atom stereocenters. The minimum absolute atomic E-state index is 0.0136. The first kappa shape index (κ1) is 9.27. The van der Waals surface area contributed by atoms with Gasteiger partial charge >= 0.3 is 0 Å². The average molecular weight is 175 g/mol. The van der Waals surface area contributed by atoms with Gasteiger partial charge in [-0.1, -0.05) is 20.8 Å². The summed E-state index contributed by atoms with van der Waals surface area (Å²) in [5.74, 6) is 0. The molecule has 0 N–H and O–H groups in total. The second-order valence-corrected chi connectivity index (χ2v) is 7.84. The first-order valence-corrected chi connectivity index (χ1v) is 6.07. The summed E-state index contributed by atoms with van der Waals surface area (Å²) in [6.45, 7) is 14.2. The van der Waals surface area contributed by atoms with Crippen LogP contribution >= 0.6 is 0 Å². The topological polar surface area (TPSA) is 9.23 Å². The van der Waals surface area contributed by atoms with Gasteiger partial charge < -0.3 is 4.43 Å². The maximum atomic E-state index is 8.15. The molecule has 0 spiro atoms. The van der Waals surface area contributed by atoms with Gasteiger partial charge in [-0.3, -0.25) is 0 Å². The van der Waals surface area contributed by atoms with Crippen LogP contribution in [0.15, 0.2) is 0 Å². The minimum atomic E-state index is -2.29. The van der Waals surface area contributed by atoms with Crippen LogP contribution < -0.4 is 0 Å². The van der Waals surface area contributed by atoms with E-state index < -0.39 is 8.97 Å². The lowest BCUT2D eigenvalue weighted by atomic mass is 10.2. The molecular formula is C9H22OSi. The van der Waals surface area contributed by atoms with Gasteiger partial charge in [0.25, 0.3) is 0 Å². The van der Waals surface area contributed by atoms with Crippen molar-refractivity contribution in [2.24, 2.45) is 0 Å². The molecule has 0 aliphatic rings. The van der Waals surface area contributed by atoms with Crippen molar-refractivity contribution < 1.29 is 4.43 Å². The van der Waals surface area contributed by atoms with Gasteiger partial charge in [-0.25, -0.2) is 0 Å². The van der Waals surface area contributed by atoms with Gasteiger partial charge in [-0.15, -0.1) is 0 Å². The van der Waals surface area contributed by atoms with Crippen molar-refractivity contribution in [3.8, 4) is 0 Å². The Morgan fingerprint density at radius 3 is 1.55 bits per heavy atom. The number of hydrogen-bond acceptors (Lipinski definition) is 1. The van der Waals surface area contributed by atoms with E-state index in [1.165, 1.54) is 0 Å². The lowest BCUT2D eigenvalue weighted by molar-refractivity contribution is 0.123. The lowest BCUT2D eigenvalue weighted by Crippen LogP contribution is -2.34. The summed E-state index contributed by atoms with van der Waals surface area (Å²) in [5, 5.41) is -0.0136. The van der Waals surface area contributed by atoms with E-state index >= 15 is 0 Å². The summed E-state index contributed by atoms with van der Waals surface area (Å²) >= 11 is 0. The van der Waals surface area contributed by atoms with Crippen molar-refractivity contribution in [1.82, 2.24) is 0 Å². The van der Waals surface area contributed by atoms with Crippen LogP contribution in [0.4, 0.5) is 0 Å². The molecule has 0 aliphatic heterocycles. The smallest absolute Gasteiger partial charge is 0.179 e. The molecule has 0 aromatic heterocycles. The predicted molar refractivity (Wildman–Crippen MR) is 53.6 cm³/mol. The molecule has 0 aliphatic carbocycles. The van der Waals surface area contributed by atoms with Gasteiger partial charge in [0, 0.05) is 6.84 Å². The van der Waals surface area contributed by atoms with Crippen molar-refractivity contribution in [2.75, 3.05) is 0 Å². The second-order valence-electron chi connectivity index (χ2n) is 5.02. The van der Waals surface area contributed by atoms with Crippen molar-refractivity contribution in [3.05, 3.63) is 0 Å². The van der Waals surface area contributed by atoms with Gasteiger partial charge in [-0.2, -0.15) is 0 Å². The molecule has 0 rings (SSSR count). The first-order valence-electron chi connectivity index (χ1n) is 4.66. The van der Waals surface area contributed by atoms with Gasteiger partial charge in [0.2, 0.25) is 0 Å². The van der Waals surface area contributed by atoms with E-state index in [0.717, 1.165) is 0 Å². The number of rotatable bonds is 1. The molecule has 0 bridgehead atoms. The molecule has 2 heteroatoms. The molecule has 1 atom stereocenters. The van der Waals surface area contributed by atoms with Crippen LogP contribution in [0.1, 0.15) is 41.5 Å². The molecule has 0 saturated heterocycles. The maximum Gasteiger partial charge on any atom is 0.179 e. The Kier molecular flexibility index (Phi) is 2.76. The fraction of sp³-hybridized carbons (Fsp3) is 1.00. The van der Waals surface area contributed by atoms with E-state index in [1.807, 2.05) is 27.3 Å². The molecule has 0 aromatic rings. The predicted octanol–water partition coefficient (Wildman–Crippen LogP) is 2.96. The Labute approximate surface area is 74.1 Å². The van der Waals surface area contributed by atoms with Crippen LogP contribution in [0.25, 0.3) is 0 Å². The third-order valence-corrected chi connectivity index (χ3v) is 4.55. The van der Waals surface area contributed by atoms with Crippen LogP contribution in [-0.2, 0) is 4.43 Å². The summed E-state index contributed by atoms with van der Waals surface area (Å²) in [6, 6.07) is 0. The molecule has 1 nitrogen and oxygen atoms in total. The highest BCUT2D eigenvalue weighted by Crippen LogP contribution is 2.29. The molecule has 11 heavy (non-hydrogen) atoms. The zero-order valence-electron chi connectivity index (χ0n) is 9.91. The SMILES string of the molecule is [2H][Si](C)(OC(C)(C)C)C(C)(C)C. The second kappa shape index (κ2) is 3.28. The highest BCUT2D eigenvalue weighted by molar-refractivity contribution is 6.53. The van der Waals surface area contributed by atoms with Crippen molar-refractivity contribution in [1.29, 1.82) is 1.23 Å². The molecule has 68 valence electrons. The van der Waals surface area contributed by atoms with Crippen LogP contribution in [-0.4, -0.2) is 15.8 Å². The normalized spacial score (nSPS) is 20.8. The highest BCUT2D eigenvalue weighted by Gasteiger charge is 2.27. The molecule has 0 fully saturated rings. The van der Waals surface area contributed by atoms with Gasteiger partial charge in [-0.05, 0) is 32.4 Å². The summed E-state index contributed by atoms with van der Waals surface area (Å²) in [5.41, 5.74) is -0.185. The monoisotopic (exact) mass is 175 g/mol. The van der Waals surface area contributed by atoms with E-state index in [1.54, 1.807) is 0 Å². The zero-order chi connectivity index (χ0) is 10.2. The van der Waals surface area contributed by atoms with Crippen LogP contribution in [0.5, 0.6) is 0 Å². The average Bonchev–Trinajstić information content (AvgIpc) is 1.52. The molecule has 0 heterocycles. The van der Waals surface area contributed by atoms with Crippen molar-refractivity contribution in [2.45, 2.75) is 58.7 Å². The Morgan fingerprint density at radius 2 is 1.45 bits per heavy atom. The zero-order valence-corrected chi connectivity index (χ0v) is 9.91. The van der Waals surface area contributed by atoms with E-state index in [-0.39, 0.29) is 10.6 Å². The molecule has 0 radical (unpaired) electrons. The summed E-state index contributed by atoms with van der Waals surface area (Å²) in [4.78, 5) is 0. The summed E-state index contributed by atoms with van der Waals surface area (Å²) in [7, 11) is -2.29. The first-order chi connectivity index (χ1) is 4.96. The lowest BCUT2D eigenvalue weighted by Gasteiger charge is -2.32. The Bertz CT molecular complexity index is 153. The summed E-state index contributed by atoms with van der Waals surface area (Å²) in [6.07, 6.45) is 0. The summed E-state index contributed by atoms with van der Waals surface area (Å²) < 4.78 is 13.9. The third-order valence-electron chi connectivity index (χ3n) is 1.52. The number of hydrogen-bond donors (Lipinski definition) is 0. The molecular weight excluding hydrogens is 152 g/mol. The fourth-order valence-corrected chi connectivity index (χ4v) is 1.84. The molecule has 0 amide bonds. The van der Waals surface area contributed by atoms with E-state index in [9.17, 15) is 0 Å². The standard InChI is InChI=1S/C9H22OSi/c1-8(2,3)10-11(7)9(4,5)6/h11H,1-7H3/i11D. The fourth-order valence-electron chi connectivity index (χ4n) is 0.612. The molecule has 0 aromatic carbocycles. The van der Waals surface area contributed by atoms with Gasteiger partial charge in [0.05, 0.1) is 0 Å². The van der Waals surface area contributed by atoms with E-state index in [0.29, 0.717) is 0 Å². The Morgan fingerprint density at radius 1 is 1.09 bits per heavy atom. The largest absolute Gasteiger partial charge is 0.415 e. The van der Waals surface area contributed by atoms with Crippen molar-refractivity contribution >= 4 is 8.97 Å². The molecule has 0 saturated carbocycles. The van der Waals surface area contributed by atoms with Gasteiger partial charge in [0.15, 0.2) is 8.97 Å². The maximum absolute atomic E-state index is 8.15. The quantitative estimate of drug-likeness (QED) is 0.557.